The lowest BCUT2D eigenvalue weighted by atomic mass is 9.99. The zero-order valence-corrected chi connectivity index (χ0v) is 14.5. The number of methoxy groups -OCH3 is 1. The van der Waals surface area contributed by atoms with Gasteiger partial charge in [-0.15, -0.1) is 11.3 Å². The number of fused-ring (bicyclic) bond motifs is 4. The van der Waals surface area contributed by atoms with Gasteiger partial charge in [-0.05, 0) is 54.5 Å². The van der Waals surface area contributed by atoms with Gasteiger partial charge in [-0.1, -0.05) is 6.07 Å². The van der Waals surface area contributed by atoms with E-state index in [9.17, 15) is 0 Å². The predicted octanol–water partition coefficient (Wildman–Crippen LogP) is 3.75. The van der Waals surface area contributed by atoms with Crippen LogP contribution in [0.4, 0.5) is 5.82 Å². The van der Waals surface area contributed by atoms with Crippen LogP contribution in [0.25, 0.3) is 10.2 Å². The van der Waals surface area contributed by atoms with Gasteiger partial charge in [0.05, 0.1) is 12.5 Å². The lowest BCUT2D eigenvalue weighted by Gasteiger charge is -2.30. The van der Waals surface area contributed by atoms with Crippen molar-refractivity contribution in [2.45, 2.75) is 32.2 Å². The third-order valence-electron chi connectivity index (χ3n) is 5.21. The Morgan fingerprint density at radius 3 is 3.00 bits per heavy atom. The van der Waals surface area contributed by atoms with E-state index in [0.717, 1.165) is 35.9 Å². The molecule has 0 bridgehead atoms. The molecule has 0 saturated carbocycles. The van der Waals surface area contributed by atoms with Crippen LogP contribution in [0.5, 0.6) is 5.75 Å². The molecule has 3 aromatic rings. The van der Waals surface area contributed by atoms with E-state index in [1.165, 1.54) is 46.2 Å². The minimum atomic E-state index is 0.892. The molecule has 2 aliphatic rings. The number of ether oxygens (including phenoxy) is 1. The minimum absolute atomic E-state index is 0.892. The van der Waals surface area contributed by atoms with E-state index in [1.54, 1.807) is 13.4 Å². The summed E-state index contributed by atoms with van der Waals surface area (Å²) in [7, 11) is 1.73. The molecule has 0 fully saturated rings. The Hall–Kier alpha value is -2.14. The second kappa shape index (κ2) is 5.45. The number of aryl methyl sites for hydroxylation is 2. The van der Waals surface area contributed by atoms with Gasteiger partial charge in [-0.3, -0.25) is 0 Å². The second-order valence-corrected chi connectivity index (χ2v) is 7.62. The maximum Gasteiger partial charge on any atom is 0.141 e. The molecular formula is C19H19N3OS. The summed E-state index contributed by atoms with van der Waals surface area (Å²) in [6, 6.07) is 6.42. The molecule has 0 N–H and O–H groups in total. The van der Waals surface area contributed by atoms with Gasteiger partial charge in [-0.2, -0.15) is 0 Å². The third kappa shape index (κ3) is 2.11. The maximum atomic E-state index is 5.40. The normalized spacial score (nSPS) is 16.3. The maximum absolute atomic E-state index is 5.40. The van der Waals surface area contributed by atoms with Gasteiger partial charge in [0.2, 0.25) is 0 Å². The average Bonchev–Trinajstić information content (AvgIpc) is 3.21. The summed E-state index contributed by atoms with van der Waals surface area (Å²) in [5, 5.41) is 1.31. The monoisotopic (exact) mass is 337 g/mol. The van der Waals surface area contributed by atoms with Crippen molar-refractivity contribution in [3.8, 4) is 5.75 Å². The summed E-state index contributed by atoms with van der Waals surface area (Å²) in [5.74, 6) is 2.05. The number of benzene rings is 1. The highest BCUT2D eigenvalue weighted by molar-refractivity contribution is 7.19. The first kappa shape index (κ1) is 14.2. The average molecular weight is 337 g/mol. The van der Waals surface area contributed by atoms with Gasteiger partial charge in [0.25, 0.3) is 0 Å². The van der Waals surface area contributed by atoms with Crippen molar-refractivity contribution in [1.29, 1.82) is 0 Å². The number of rotatable bonds is 2. The Morgan fingerprint density at radius 2 is 2.08 bits per heavy atom. The quantitative estimate of drug-likeness (QED) is 0.714. The highest BCUT2D eigenvalue weighted by atomic mass is 32.1. The first-order valence-electron chi connectivity index (χ1n) is 8.49. The van der Waals surface area contributed by atoms with Crippen molar-refractivity contribution in [1.82, 2.24) is 9.97 Å². The SMILES string of the molecule is COc1ccc2c(c1)CN(c1ncnc3sc4c(c13)CCC4)CC2. The van der Waals surface area contributed by atoms with E-state index in [0.29, 0.717) is 0 Å². The molecule has 2 aromatic heterocycles. The van der Waals surface area contributed by atoms with Crippen LogP contribution in [0, 0.1) is 0 Å². The molecule has 5 rings (SSSR count). The van der Waals surface area contributed by atoms with Gasteiger partial charge >= 0.3 is 0 Å². The molecule has 1 aromatic carbocycles. The van der Waals surface area contributed by atoms with Crippen LogP contribution >= 0.6 is 11.3 Å². The van der Waals surface area contributed by atoms with Gasteiger partial charge in [0.15, 0.2) is 0 Å². The number of thiophene rings is 1. The fourth-order valence-electron chi connectivity index (χ4n) is 3.99. The molecule has 24 heavy (non-hydrogen) atoms. The summed E-state index contributed by atoms with van der Waals surface area (Å²) >= 11 is 1.86. The van der Waals surface area contributed by atoms with Crippen LogP contribution in [0.2, 0.25) is 0 Å². The first-order chi connectivity index (χ1) is 11.8. The number of aromatic nitrogens is 2. The van der Waals surface area contributed by atoms with Gasteiger partial charge in [0, 0.05) is 18.0 Å². The number of hydrogen-bond donors (Lipinski definition) is 0. The topological polar surface area (TPSA) is 38.2 Å². The summed E-state index contributed by atoms with van der Waals surface area (Å²) in [5.41, 5.74) is 4.27. The Kier molecular flexibility index (Phi) is 3.23. The summed E-state index contributed by atoms with van der Waals surface area (Å²) in [6.45, 7) is 1.90. The summed E-state index contributed by atoms with van der Waals surface area (Å²) in [6.07, 6.45) is 6.43. The molecule has 4 nitrogen and oxygen atoms in total. The highest BCUT2D eigenvalue weighted by Gasteiger charge is 2.25. The summed E-state index contributed by atoms with van der Waals surface area (Å²) in [4.78, 5) is 14.3. The molecule has 1 aliphatic carbocycles. The van der Waals surface area contributed by atoms with Crippen molar-refractivity contribution >= 4 is 27.4 Å². The minimum Gasteiger partial charge on any atom is -0.497 e. The zero-order valence-electron chi connectivity index (χ0n) is 13.7. The Labute approximate surface area is 145 Å². The number of hydrogen-bond acceptors (Lipinski definition) is 5. The highest BCUT2D eigenvalue weighted by Crippen LogP contribution is 2.41. The lowest BCUT2D eigenvalue weighted by Crippen LogP contribution is -2.31. The van der Waals surface area contributed by atoms with Crippen molar-refractivity contribution in [2.24, 2.45) is 0 Å². The molecule has 5 heteroatoms. The van der Waals surface area contributed by atoms with E-state index in [4.69, 9.17) is 4.74 Å². The van der Waals surface area contributed by atoms with Crippen molar-refractivity contribution < 1.29 is 4.74 Å². The molecular weight excluding hydrogens is 318 g/mol. The molecule has 3 heterocycles. The van der Waals surface area contributed by atoms with Gasteiger partial charge in [-0.25, -0.2) is 9.97 Å². The predicted molar refractivity (Wildman–Crippen MR) is 97.2 cm³/mol. The number of nitrogens with zero attached hydrogens (tertiary/aromatic N) is 3. The Balaban J connectivity index is 1.59. The van der Waals surface area contributed by atoms with Gasteiger partial charge < -0.3 is 9.64 Å². The van der Waals surface area contributed by atoms with Gasteiger partial charge in [0.1, 0.15) is 22.7 Å². The van der Waals surface area contributed by atoms with Crippen molar-refractivity contribution in [3.05, 3.63) is 46.1 Å². The Bertz CT molecular complexity index is 934. The molecule has 1 aliphatic heterocycles. The lowest BCUT2D eigenvalue weighted by molar-refractivity contribution is 0.413. The zero-order chi connectivity index (χ0) is 16.1. The molecule has 0 unspecified atom stereocenters. The van der Waals surface area contributed by atoms with E-state index >= 15 is 0 Å². The summed E-state index contributed by atoms with van der Waals surface area (Å²) < 4.78 is 5.40. The second-order valence-electron chi connectivity index (χ2n) is 6.54. The van der Waals surface area contributed by atoms with E-state index in [-0.39, 0.29) is 0 Å². The molecule has 0 radical (unpaired) electrons. The molecule has 122 valence electrons. The smallest absolute Gasteiger partial charge is 0.141 e. The van der Waals surface area contributed by atoms with Crippen LogP contribution in [0.3, 0.4) is 0 Å². The third-order valence-corrected chi connectivity index (χ3v) is 6.41. The molecule has 0 atom stereocenters. The molecule has 0 spiro atoms. The number of anilines is 1. The van der Waals surface area contributed by atoms with E-state index in [1.807, 2.05) is 11.3 Å². The fourth-order valence-corrected chi connectivity index (χ4v) is 5.22. The van der Waals surface area contributed by atoms with Crippen LogP contribution < -0.4 is 9.64 Å². The van der Waals surface area contributed by atoms with E-state index in [2.05, 4.69) is 33.1 Å². The molecule has 0 amide bonds. The van der Waals surface area contributed by atoms with Crippen molar-refractivity contribution in [3.63, 3.8) is 0 Å². The van der Waals surface area contributed by atoms with Crippen molar-refractivity contribution in [2.75, 3.05) is 18.6 Å². The first-order valence-corrected chi connectivity index (χ1v) is 9.31. The fraction of sp³-hybridized carbons (Fsp3) is 0.368. The van der Waals surface area contributed by atoms with E-state index < -0.39 is 0 Å². The standard InChI is InChI=1S/C19H19N3OS/c1-23-14-6-5-12-7-8-22(10-13(12)9-14)18-17-15-3-2-4-16(15)24-19(17)21-11-20-18/h5-6,9,11H,2-4,7-8,10H2,1H3. The molecule has 0 saturated heterocycles. The van der Waals surface area contributed by atoms with Crippen LogP contribution in [-0.4, -0.2) is 23.6 Å². The van der Waals surface area contributed by atoms with Crippen LogP contribution in [0.1, 0.15) is 28.0 Å². The largest absolute Gasteiger partial charge is 0.497 e. The van der Waals surface area contributed by atoms with Crippen LogP contribution in [0.15, 0.2) is 24.5 Å². The Morgan fingerprint density at radius 1 is 1.12 bits per heavy atom. The van der Waals surface area contributed by atoms with Crippen LogP contribution in [-0.2, 0) is 25.8 Å².